The maximum absolute atomic E-state index is 11.9. The van der Waals surface area contributed by atoms with E-state index < -0.39 is 24.2 Å². The minimum absolute atomic E-state index is 0.0211. The fourth-order valence-electron chi connectivity index (χ4n) is 2.49. The fraction of sp³-hybridized carbons (Fsp3) is 0.304. The first-order chi connectivity index (χ1) is 18.0. The summed E-state index contributed by atoms with van der Waals surface area (Å²) in [5, 5.41) is 8.21. The molecule has 0 amide bonds. The van der Waals surface area contributed by atoms with Gasteiger partial charge in [0, 0.05) is 6.42 Å². The van der Waals surface area contributed by atoms with Gasteiger partial charge < -0.3 is 18.9 Å². The zero-order valence-corrected chi connectivity index (χ0v) is 19.9. The van der Waals surface area contributed by atoms with Crippen molar-refractivity contribution in [2.24, 2.45) is 0 Å². The molecule has 2 rings (SSSR count). The maximum Gasteiger partial charge on any atom is 0.543 e. The van der Waals surface area contributed by atoms with Crippen LogP contribution in [-0.4, -0.2) is 50.7 Å². The number of benzene rings is 2. The van der Waals surface area contributed by atoms with E-state index in [1.54, 1.807) is 50.2 Å². The molecule has 0 spiro atoms. The Morgan fingerprint density at radius 3 is 1.41 bits per heavy atom. The number of carbonyl (C=O) groups excluding carboxylic acids is 4. The number of hydrogen-bond donors (Lipinski definition) is 0. The van der Waals surface area contributed by atoms with Gasteiger partial charge in [-0.25, -0.2) is 29.0 Å². The lowest BCUT2D eigenvalue weighted by Crippen LogP contribution is -2.15. The van der Waals surface area contributed by atoms with E-state index in [1.807, 2.05) is 0 Å². The second-order valence-electron chi connectivity index (χ2n) is 6.45. The van der Waals surface area contributed by atoms with E-state index in [4.69, 9.17) is 9.47 Å². The lowest BCUT2D eigenvalue weighted by Gasteiger charge is -2.08. The summed E-state index contributed by atoms with van der Waals surface area (Å²) < 4.78 is 19.8. The SMILES string of the molecule is CCOc1ccccc1C(=O)OOOC(=O)OCCCOC(=O)OOOC(=O)c1ccccc1OCC. The van der Waals surface area contributed by atoms with Crippen LogP contribution in [0.4, 0.5) is 9.59 Å². The van der Waals surface area contributed by atoms with Crippen molar-refractivity contribution in [1.29, 1.82) is 0 Å². The van der Waals surface area contributed by atoms with Crippen molar-refractivity contribution in [2.75, 3.05) is 26.4 Å². The van der Waals surface area contributed by atoms with E-state index in [2.05, 4.69) is 39.1 Å². The molecule has 0 saturated heterocycles. The average Bonchev–Trinajstić information content (AvgIpc) is 2.89. The van der Waals surface area contributed by atoms with Crippen LogP contribution in [0, 0.1) is 0 Å². The molecule has 0 N–H and O–H groups in total. The molecule has 0 aliphatic rings. The zero-order chi connectivity index (χ0) is 26.9. The third-order valence-electron chi connectivity index (χ3n) is 3.97. The molecule has 14 nitrogen and oxygen atoms in total. The Labute approximate surface area is 210 Å². The maximum atomic E-state index is 11.9. The highest BCUT2D eigenvalue weighted by atomic mass is 17.5. The van der Waals surface area contributed by atoms with Gasteiger partial charge in [0.15, 0.2) is 0 Å². The lowest BCUT2D eigenvalue weighted by atomic mass is 10.2. The van der Waals surface area contributed by atoms with Gasteiger partial charge in [-0.1, -0.05) is 24.3 Å². The molecule has 0 heterocycles. The van der Waals surface area contributed by atoms with Gasteiger partial charge in [0.25, 0.3) is 0 Å². The Morgan fingerprint density at radius 2 is 1.00 bits per heavy atom. The van der Waals surface area contributed by atoms with E-state index in [1.165, 1.54) is 12.1 Å². The summed E-state index contributed by atoms with van der Waals surface area (Å²) >= 11 is 0. The molecule has 0 fully saturated rings. The van der Waals surface area contributed by atoms with Crippen LogP contribution in [-0.2, 0) is 39.1 Å². The van der Waals surface area contributed by atoms with Crippen LogP contribution in [0.15, 0.2) is 48.5 Å². The molecule has 0 radical (unpaired) electrons. The van der Waals surface area contributed by atoms with Gasteiger partial charge in [0.1, 0.15) is 22.6 Å². The van der Waals surface area contributed by atoms with E-state index in [9.17, 15) is 19.2 Å². The second-order valence-corrected chi connectivity index (χ2v) is 6.45. The third-order valence-corrected chi connectivity index (χ3v) is 3.97. The Bertz CT molecular complexity index is 956. The van der Waals surface area contributed by atoms with Crippen molar-refractivity contribution < 1.29 is 67.8 Å². The molecular weight excluding hydrogens is 500 g/mol. The minimum atomic E-state index is -1.32. The summed E-state index contributed by atoms with van der Waals surface area (Å²) in [6.07, 6.45) is -2.63. The highest BCUT2D eigenvalue weighted by Gasteiger charge is 2.18. The van der Waals surface area contributed by atoms with Crippen molar-refractivity contribution in [2.45, 2.75) is 20.3 Å². The first-order valence-corrected chi connectivity index (χ1v) is 10.8. The molecule has 2 aromatic rings. The van der Waals surface area contributed by atoms with Crippen molar-refractivity contribution in [1.82, 2.24) is 0 Å². The van der Waals surface area contributed by atoms with Gasteiger partial charge in [-0.15, -0.1) is 0 Å². The molecule has 14 heteroatoms. The molecule has 0 aliphatic carbocycles. The number of carbonyl (C=O) groups is 4. The molecule has 37 heavy (non-hydrogen) atoms. The standard InChI is InChI=1S/C23H24O14/c1-3-28-18-12-7-5-10-16(18)20(24)32-36-34-22(26)30-14-9-15-31-23(27)35-37-33-21(25)17-11-6-8-13-19(17)29-4-2/h5-8,10-13H,3-4,9,14-15H2,1-2H3. The quantitative estimate of drug-likeness (QED) is 0.151. The molecule has 200 valence electrons. The molecule has 0 atom stereocenters. The van der Waals surface area contributed by atoms with Crippen LogP contribution < -0.4 is 9.47 Å². The number of para-hydroxylation sites is 2. The Morgan fingerprint density at radius 1 is 0.595 bits per heavy atom. The van der Waals surface area contributed by atoms with Crippen molar-refractivity contribution in [3.05, 3.63) is 59.7 Å². The summed E-state index contributed by atoms with van der Waals surface area (Å²) in [7, 11) is 0. The number of hydrogen-bond acceptors (Lipinski definition) is 14. The zero-order valence-electron chi connectivity index (χ0n) is 19.9. The van der Waals surface area contributed by atoms with Crippen LogP contribution in [0.2, 0.25) is 0 Å². The van der Waals surface area contributed by atoms with Gasteiger partial charge in [0.05, 0.1) is 36.5 Å². The summed E-state index contributed by atoms with van der Waals surface area (Å²) in [4.78, 5) is 63.7. The predicted molar refractivity (Wildman–Crippen MR) is 118 cm³/mol. The molecule has 0 saturated carbocycles. The molecule has 0 unspecified atom stereocenters. The monoisotopic (exact) mass is 524 g/mol. The van der Waals surface area contributed by atoms with E-state index in [-0.39, 0.29) is 42.3 Å². The van der Waals surface area contributed by atoms with Gasteiger partial charge in [-0.05, 0) is 38.1 Å². The third kappa shape index (κ3) is 10.3. The lowest BCUT2D eigenvalue weighted by molar-refractivity contribution is -0.452. The average molecular weight is 524 g/mol. The Balaban J connectivity index is 1.54. The van der Waals surface area contributed by atoms with Crippen molar-refractivity contribution in [3.8, 4) is 11.5 Å². The second kappa shape index (κ2) is 16.2. The summed E-state index contributed by atoms with van der Waals surface area (Å²) in [5.41, 5.74) is 0.110. The van der Waals surface area contributed by atoms with Crippen LogP contribution in [0.25, 0.3) is 0 Å². The normalized spacial score (nSPS) is 10.0. The van der Waals surface area contributed by atoms with Crippen LogP contribution in [0.1, 0.15) is 41.0 Å². The van der Waals surface area contributed by atoms with Crippen LogP contribution >= 0.6 is 0 Å². The number of ether oxygens (including phenoxy) is 4. The first-order valence-electron chi connectivity index (χ1n) is 10.8. The molecule has 2 aromatic carbocycles. The Kier molecular flexibility index (Phi) is 12.5. The first kappa shape index (κ1) is 28.7. The minimum Gasteiger partial charge on any atom is -0.493 e. The highest BCUT2D eigenvalue weighted by molar-refractivity contribution is 5.92. The smallest absolute Gasteiger partial charge is 0.493 e. The van der Waals surface area contributed by atoms with Crippen molar-refractivity contribution in [3.63, 3.8) is 0 Å². The summed E-state index contributed by atoms with van der Waals surface area (Å²) in [5.74, 6) is -1.41. The fourth-order valence-corrected chi connectivity index (χ4v) is 2.49. The van der Waals surface area contributed by atoms with E-state index in [0.29, 0.717) is 13.2 Å². The molecule has 0 aromatic heterocycles. The largest absolute Gasteiger partial charge is 0.543 e. The molecular formula is C23H24O14. The Hall–Kier alpha value is -4.56. The van der Waals surface area contributed by atoms with Gasteiger partial charge >= 0.3 is 24.2 Å². The molecule has 0 bridgehead atoms. The van der Waals surface area contributed by atoms with Gasteiger partial charge in [0.2, 0.25) is 0 Å². The van der Waals surface area contributed by atoms with Gasteiger partial charge in [-0.3, -0.25) is 9.78 Å². The topological polar surface area (TPSA) is 161 Å². The predicted octanol–water partition coefficient (Wildman–Crippen LogP) is 3.89. The van der Waals surface area contributed by atoms with Crippen molar-refractivity contribution >= 4 is 24.2 Å². The van der Waals surface area contributed by atoms with E-state index in [0.717, 1.165) is 0 Å². The van der Waals surface area contributed by atoms with Crippen LogP contribution in [0.3, 0.4) is 0 Å². The summed E-state index contributed by atoms with van der Waals surface area (Å²) in [6.45, 7) is 3.59. The number of rotatable bonds is 14. The molecule has 0 aliphatic heterocycles. The van der Waals surface area contributed by atoms with Gasteiger partial charge in [-0.2, -0.15) is 0 Å². The van der Waals surface area contributed by atoms with E-state index >= 15 is 0 Å². The van der Waals surface area contributed by atoms with Crippen LogP contribution in [0.5, 0.6) is 11.5 Å². The summed E-state index contributed by atoms with van der Waals surface area (Å²) in [6, 6.07) is 12.4. The highest BCUT2D eigenvalue weighted by Crippen LogP contribution is 2.20.